The summed E-state index contributed by atoms with van der Waals surface area (Å²) >= 11 is 0. The van der Waals surface area contributed by atoms with Gasteiger partial charge in [0.15, 0.2) is 0 Å². The summed E-state index contributed by atoms with van der Waals surface area (Å²) in [6, 6.07) is 0. The highest BCUT2D eigenvalue weighted by Crippen LogP contribution is 2.46. The number of rotatable bonds is 0. The fraction of sp³-hybridized carbons (Fsp3) is 0.750. The van der Waals surface area contributed by atoms with E-state index in [-0.39, 0.29) is 0 Å². The predicted molar refractivity (Wildman–Crippen MR) is 35.7 cm³/mol. The topological polar surface area (TPSA) is 25.1 Å². The van der Waals surface area contributed by atoms with Crippen molar-refractivity contribution in [2.45, 2.75) is 37.3 Å². The van der Waals surface area contributed by atoms with Crippen molar-refractivity contribution in [3.05, 3.63) is 12.2 Å². The third-order valence-corrected chi connectivity index (χ3v) is 2.63. The second-order valence-corrected chi connectivity index (χ2v) is 3.34. The first kappa shape index (κ1) is 5.33. The van der Waals surface area contributed by atoms with E-state index < -0.39 is 0 Å². The molecule has 0 unspecified atom stereocenters. The number of hydrogen-bond donors (Lipinski definition) is 0. The van der Waals surface area contributed by atoms with Crippen LogP contribution in [0.25, 0.3) is 0 Å². The Balaban J connectivity index is 1.88. The lowest BCUT2D eigenvalue weighted by Gasteiger charge is -1.90. The summed E-state index contributed by atoms with van der Waals surface area (Å²) in [4.78, 5) is 0. The predicted octanol–water partition coefficient (Wildman–Crippen LogP) is 0.871. The Morgan fingerprint density at radius 1 is 1.10 bits per heavy atom. The molecule has 0 aromatic carbocycles. The number of ether oxygens (including phenoxy) is 2. The molecule has 0 aromatic heterocycles. The molecule has 2 saturated heterocycles. The fourth-order valence-electron chi connectivity index (χ4n) is 1.87. The number of epoxide rings is 2. The van der Waals surface area contributed by atoms with E-state index in [1.807, 2.05) is 0 Å². The van der Waals surface area contributed by atoms with Gasteiger partial charge in [0.1, 0.15) is 12.2 Å². The molecule has 0 spiro atoms. The van der Waals surface area contributed by atoms with Crippen LogP contribution < -0.4 is 0 Å². The molecule has 2 aliphatic heterocycles. The van der Waals surface area contributed by atoms with Gasteiger partial charge in [0.2, 0.25) is 0 Å². The highest BCUT2D eigenvalue weighted by Gasteiger charge is 2.54. The molecule has 0 radical (unpaired) electrons. The van der Waals surface area contributed by atoms with Gasteiger partial charge < -0.3 is 9.47 Å². The molecule has 1 aliphatic carbocycles. The average Bonchev–Trinajstić information content (AvgIpc) is 2.76. The quantitative estimate of drug-likeness (QED) is 0.366. The van der Waals surface area contributed by atoms with Crippen molar-refractivity contribution < 1.29 is 9.47 Å². The first-order valence-corrected chi connectivity index (χ1v) is 3.86. The molecular weight excluding hydrogens is 128 g/mol. The minimum absolute atomic E-state index is 0.359. The van der Waals surface area contributed by atoms with Crippen LogP contribution >= 0.6 is 0 Å². The zero-order valence-electron chi connectivity index (χ0n) is 5.75. The lowest BCUT2D eigenvalue weighted by atomic mass is 10.1. The average molecular weight is 138 g/mol. The third-order valence-electron chi connectivity index (χ3n) is 2.63. The van der Waals surface area contributed by atoms with Crippen LogP contribution in [0, 0.1) is 0 Å². The zero-order chi connectivity index (χ0) is 6.72. The van der Waals surface area contributed by atoms with Crippen LogP contribution in [-0.4, -0.2) is 24.4 Å². The Morgan fingerprint density at radius 3 is 2.10 bits per heavy atom. The molecule has 3 aliphatic rings. The maximum atomic E-state index is 5.39. The highest BCUT2D eigenvalue weighted by atomic mass is 16.6. The molecule has 0 aromatic rings. The second kappa shape index (κ2) is 1.46. The third kappa shape index (κ3) is 0.559. The van der Waals surface area contributed by atoms with Crippen LogP contribution in [0.5, 0.6) is 0 Å². The minimum Gasteiger partial charge on any atom is -0.365 e. The van der Waals surface area contributed by atoms with E-state index in [0.29, 0.717) is 24.4 Å². The summed E-state index contributed by atoms with van der Waals surface area (Å²) < 4.78 is 10.8. The van der Waals surface area contributed by atoms with Crippen molar-refractivity contribution in [3.8, 4) is 0 Å². The first-order chi connectivity index (χ1) is 4.86. The van der Waals surface area contributed by atoms with Gasteiger partial charge in [-0.1, -0.05) is 6.58 Å². The van der Waals surface area contributed by atoms with Crippen LogP contribution in [0.15, 0.2) is 12.2 Å². The summed E-state index contributed by atoms with van der Waals surface area (Å²) in [5, 5.41) is 0. The van der Waals surface area contributed by atoms with Crippen LogP contribution in [0.1, 0.15) is 12.8 Å². The highest BCUT2D eigenvalue weighted by molar-refractivity contribution is 5.26. The van der Waals surface area contributed by atoms with E-state index in [4.69, 9.17) is 9.47 Å². The molecule has 0 bridgehead atoms. The van der Waals surface area contributed by atoms with E-state index in [9.17, 15) is 0 Å². The Kier molecular flexibility index (Phi) is 0.778. The van der Waals surface area contributed by atoms with Crippen molar-refractivity contribution in [2.75, 3.05) is 0 Å². The Labute approximate surface area is 59.8 Å². The lowest BCUT2D eigenvalue weighted by Crippen LogP contribution is -2.00. The van der Waals surface area contributed by atoms with Crippen LogP contribution in [0.4, 0.5) is 0 Å². The fourth-order valence-corrected chi connectivity index (χ4v) is 1.87. The summed E-state index contributed by atoms with van der Waals surface area (Å²) in [6.07, 6.45) is 4.07. The van der Waals surface area contributed by atoms with Crippen molar-refractivity contribution in [1.29, 1.82) is 0 Å². The van der Waals surface area contributed by atoms with Gasteiger partial charge in [0.05, 0.1) is 12.2 Å². The van der Waals surface area contributed by atoms with Crippen molar-refractivity contribution in [3.63, 3.8) is 0 Å². The van der Waals surface area contributed by atoms with Gasteiger partial charge in [0.25, 0.3) is 0 Å². The molecular formula is C8H10O2. The molecule has 2 nitrogen and oxygen atoms in total. The minimum atomic E-state index is 0.359. The van der Waals surface area contributed by atoms with Gasteiger partial charge in [0, 0.05) is 0 Å². The van der Waals surface area contributed by atoms with Gasteiger partial charge >= 0.3 is 0 Å². The van der Waals surface area contributed by atoms with Crippen molar-refractivity contribution in [1.82, 2.24) is 0 Å². The van der Waals surface area contributed by atoms with Gasteiger partial charge in [-0.15, -0.1) is 0 Å². The molecule has 2 heterocycles. The molecule has 4 atom stereocenters. The largest absolute Gasteiger partial charge is 0.365 e. The first-order valence-electron chi connectivity index (χ1n) is 3.86. The molecule has 3 fully saturated rings. The standard InChI is InChI=1S/C8H10O2/c1-4-7-5(9-7)2-3-6-8(4)10-6/h5-8H,1-3H2/t5-,6+,7+,8-. The number of hydrogen-bond acceptors (Lipinski definition) is 2. The number of fused-ring (bicyclic) bond motifs is 2. The normalized spacial score (nSPS) is 56.6. The Morgan fingerprint density at radius 2 is 1.60 bits per heavy atom. The molecule has 0 N–H and O–H groups in total. The van der Waals surface area contributed by atoms with Gasteiger partial charge in [-0.25, -0.2) is 0 Å². The van der Waals surface area contributed by atoms with E-state index in [1.165, 1.54) is 18.4 Å². The molecule has 10 heavy (non-hydrogen) atoms. The van der Waals surface area contributed by atoms with Crippen LogP contribution in [0.2, 0.25) is 0 Å². The van der Waals surface area contributed by atoms with Gasteiger partial charge in [-0.05, 0) is 18.4 Å². The summed E-state index contributed by atoms with van der Waals surface area (Å²) in [7, 11) is 0. The summed E-state index contributed by atoms with van der Waals surface area (Å²) in [5.41, 5.74) is 1.19. The van der Waals surface area contributed by atoms with E-state index >= 15 is 0 Å². The van der Waals surface area contributed by atoms with Crippen molar-refractivity contribution in [2.24, 2.45) is 0 Å². The maximum Gasteiger partial charge on any atom is 0.107 e. The zero-order valence-corrected chi connectivity index (χ0v) is 5.75. The molecule has 0 amide bonds. The Bertz CT molecular complexity index is 179. The van der Waals surface area contributed by atoms with E-state index in [2.05, 4.69) is 6.58 Å². The van der Waals surface area contributed by atoms with Crippen molar-refractivity contribution >= 4 is 0 Å². The smallest absolute Gasteiger partial charge is 0.107 e. The van der Waals surface area contributed by atoms with Crippen LogP contribution in [-0.2, 0) is 9.47 Å². The lowest BCUT2D eigenvalue weighted by molar-refractivity contribution is 0.355. The Hall–Kier alpha value is -0.340. The molecule has 3 rings (SSSR count). The summed E-state index contributed by atoms with van der Waals surface area (Å²) in [6.45, 7) is 3.97. The molecule has 1 saturated carbocycles. The molecule has 54 valence electrons. The monoisotopic (exact) mass is 138 g/mol. The maximum absolute atomic E-state index is 5.39. The van der Waals surface area contributed by atoms with Crippen LogP contribution in [0.3, 0.4) is 0 Å². The molecule has 2 heteroatoms. The van der Waals surface area contributed by atoms with E-state index in [0.717, 1.165) is 0 Å². The van der Waals surface area contributed by atoms with Gasteiger partial charge in [-0.2, -0.15) is 0 Å². The second-order valence-electron chi connectivity index (χ2n) is 3.34. The summed E-state index contributed by atoms with van der Waals surface area (Å²) in [5.74, 6) is 0. The SMILES string of the molecule is C=C1[C@H]2O[C@H]2CC[C@H]2O[C@@H]12. The van der Waals surface area contributed by atoms with Gasteiger partial charge in [-0.3, -0.25) is 0 Å². The van der Waals surface area contributed by atoms with E-state index in [1.54, 1.807) is 0 Å².